The van der Waals surface area contributed by atoms with E-state index >= 15 is 0 Å². The minimum atomic E-state index is -0.924. The summed E-state index contributed by atoms with van der Waals surface area (Å²) >= 11 is 5.70. The molecule has 0 saturated carbocycles. The largest absolute Gasteiger partial charge is 0.478 e. The van der Waals surface area contributed by atoms with Crippen LogP contribution in [0.3, 0.4) is 0 Å². The Hall–Kier alpha value is -3.19. The van der Waals surface area contributed by atoms with Crippen molar-refractivity contribution in [2.24, 2.45) is 0 Å². The van der Waals surface area contributed by atoms with E-state index < -0.39 is 5.97 Å². The van der Waals surface area contributed by atoms with Crippen LogP contribution in [-0.4, -0.2) is 37.2 Å². The average Bonchev–Trinajstić information content (AvgIpc) is 3.24. The molecule has 1 saturated heterocycles. The molecule has 0 bridgehead atoms. The van der Waals surface area contributed by atoms with Crippen LogP contribution in [0.1, 0.15) is 58.4 Å². The normalized spacial score (nSPS) is 18.3. The van der Waals surface area contributed by atoms with E-state index in [0.717, 1.165) is 40.8 Å². The fourth-order valence-corrected chi connectivity index (χ4v) is 4.79. The van der Waals surface area contributed by atoms with Crippen molar-refractivity contribution in [1.82, 2.24) is 19.8 Å². The number of carboxylic acids is 1. The Morgan fingerprint density at radius 1 is 1.19 bits per heavy atom. The van der Waals surface area contributed by atoms with Crippen LogP contribution < -0.4 is 5.32 Å². The molecule has 1 aromatic carbocycles. The van der Waals surface area contributed by atoms with Crippen molar-refractivity contribution in [2.45, 2.75) is 39.3 Å². The van der Waals surface area contributed by atoms with Crippen LogP contribution >= 0.6 is 12.2 Å². The summed E-state index contributed by atoms with van der Waals surface area (Å²) in [7, 11) is 0. The van der Waals surface area contributed by atoms with E-state index in [1.807, 2.05) is 36.5 Å². The van der Waals surface area contributed by atoms with Gasteiger partial charge in [-0.3, -0.25) is 4.98 Å². The second kappa shape index (κ2) is 8.51. The number of aromatic carboxylic acids is 1. The minimum absolute atomic E-state index is 0.0283. The van der Waals surface area contributed by atoms with Crippen LogP contribution in [0.25, 0.3) is 5.69 Å². The number of aryl methyl sites for hydroxylation is 1. The second-order valence-corrected chi connectivity index (χ2v) is 8.22. The molecule has 0 aliphatic carbocycles. The van der Waals surface area contributed by atoms with Crippen LogP contribution in [0.15, 0.2) is 54.7 Å². The maximum atomic E-state index is 11.2. The third kappa shape index (κ3) is 3.81. The lowest BCUT2D eigenvalue weighted by atomic mass is 9.96. The van der Waals surface area contributed by atoms with Gasteiger partial charge in [-0.05, 0) is 80.5 Å². The fourth-order valence-electron chi connectivity index (χ4n) is 4.46. The predicted octanol–water partition coefficient (Wildman–Crippen LogP) is 4.57. The van der Waals surface area contributed by atoms with Crippen LogP contribution in [0.5, 0.6) is 0 Å². The molecule has 7 heteroatoms. The minimum Gasteiger partial charge on any atom is -0.478 e. The summed E-state index contributed by atoms with van der Waals surface area (Å²) in [5, 5.41) is 13.4. The number of thiocarbonyl (C=S) groups is 1. The fraction of sp³-hybridized carbons (Fsp3) is 0.292. The van der Waals surface area contributed by atoms with Crippen molar-refractivity contribution in [2.75, 3.05) is 6.54 Å². The summed E-state index contributed by atoms with van der Waals surface area (Å²) in [5.74, 6) is -0.924. The average molecular weight is 435 g/mol. The second-order valence-electron chi connectivity index (χ2n) is 7.83. The molecule has 160 valence electrons. The van der Waals surface area contributed by atoms with Gasteiger partial charge in [0.1, 0.15) is 0 Å². The molecule has 3 aromatic rings. The van der Waals surface area contributed by atoms with Crippen molar-refractivity contribution in [3.8, 4) is 5.69 Å². The molecular weight excluding hydrogens is 408 g/mol. The predicted molar refractivity (Wildman–Crippen MR) is 125 cm³/mol. The highest BCUT2D eigenvalue weighted by molar-refractivity contribution is 7.80. The molecule has 0 spiro atoms. The number of benzene rings is 1. The Kier molecular flexibility index (Phi) is 5.78. The van der Waals surface area contributed by atoms with E-state index in [0.29, 0.717) is 0 Å². The summed E-state index contributed by atoms with van der Waals surface area (Å²) in [6.07, 6.45) is 2.80. The van der Waals surface area contributed by atoms with Gasteiger partial charge in [-0.25, -0.2) is 4.79 Å². The molecular formula is C24H26N4O2S. The summed E-state index contributed by atoms with van der Waals surface area (Å²) in [6, 6.07) is 15.1. The molecule has 1 aliphatic rings. The summed E-state index contributed by atoms with van der Waals surface area (Å²) < 4.78 is 2.17. The molecule has 1 fully saturated rings. The number of nitrogens with one attached hydrogen (secondary N) is 1. The van der Waals surface area contributed by atoms with Crippen LogP contribution in [0.2, 0.25) is 0 Å². The molecule has 2 N–H and O–H groups in total. The zero-order chi connectivity index (χ0) is 22.1. The van der Waals surface area contributed by atoms with Crippen molar-refractivity contribution in [1.29, 1.82) is 0 Å². The van der Waals surface area contributed by atoms with E-state index in [9.17, 15) is 9.90 Å². The molecule has 6 nitrogen and oxygen atoms in total. The molecule has 2 aromatic heterocycles. The molecule has 3 heterocycles. The van der Waals surface area contributed by atoms with Crippen LogP contribution in [-0.2, 0) is 0 Å². The van der Waals surface area contributed by atoms with Gasteiger partial charge in [0, 0.05) is 29.8 Å². The molecule has 1 aliphatic heterocycles. The Balaban J connectivity index is 1.80. The van der Waals surface area contributed by atoms with Gasteiger partial charge in [-0.15, -0.1) is 0 Å². The number of hydrogen-bond donors (Lipinski definition) is 2. The maximum Gasteiger partial charge on any atom is 0.335 e. The number of carboxylic acid groups (broad SMARTS) is 1. The molecule has 0 amide bonds. The van der Waals surface area contributed by atoms with Crippen molar-refractivity contribution in [3.63, 3.8) is 0 Å². The van der Waals surface area contributed by atoms with E-state index in [1.54, 1.807) is 12.1 Å². The van der Waals surface area contributed by atoms with Gasteiger partial charge < -0.3 is 19.9 Å². The monoisotopic (exact) mass is 434 g/mol. The summed E-state index contributed by atoms with van der Waals surface area (Å²) in [4.78, 5) is 18.1. The number of nitrogens with zero attached hydrogens (tertiary/aromatic N) is 3. The van der Waals surface area contributed by atoms with E-state index in [-0.39, 0.29) is 17.6 Å². The van der Waals surface area contributed by atoms with E-state index in [1.165, 1.54) is 5.56 Å². The van der Waals surface area contributed by atoms with Crippen LogP contribution in [0.4, 0.5) is 0 Å². The van der Waals surface area contributed by atoms with Crippen molar-refractivity contribution < 1.29 is 9.90 Å². The van der Waals surface area contributed by atoms with Crippen LogP contribution in [0, 0.1) is 13.8 Å². The van der Waals surface area contributed by atoms with E-state index in [2.05, 4.69) is 46.6 Å². The van der Waals surface area contributed by atoms with Gasteiger partial charge in [-0.1, -0.05) is 13.0 Å². The standard InChI is InChI=1S/C24H26N4O2S/c1-4-13-27-22(21(26-24(27)31)20-7-5-6-12-25-20)19-14-15(2)28(16(19)3)18-10-8-17(9-11-18)23(29)30/h5-12,14,21-22H,4,13H2,1-3H3,(H,26,31)(H,29,30)/t21-,22+/m1/s1. The lowest BCUT2D eigenvalue weighted by Gasteiger charge is -2.27. The van der Waals surface area contributed by atoms with Gasteiger partial charge in [0.2, 0.25) is 0 Å². The zero-order valence-corrected chi connectivity index (χ0v) is 18.7. The van der Waals surface area contributed by atoms with E-state index in [4.69, 9.17) is 12.2 Å². The molecule has 31 heavy (non-hydrogen) atoms. The van der Waals surface area contributed by atoms with Gasteiger partial charge in [0.15, 0.2) is 5.11 Å². The van der Waals surface area contributed by atoms with Gasteiger partial charge in [0.05, 0.1) is 23.3 Å². The number of pyridine rings is 1. The Labute approximate surface area is 187 Å². The lowest BCUT2D eigenvalue weighted by molar-refractivity contribution is 0.0697. The summed E-state index contributed by atoms with van der Waals surface area (Å²) in [5.41, 5.74) is 5.57. The van der Waals surface area contributed by atoms with Gasteiger partial charge >= 0.3 is 5.97 Å². The first-order valence-corrected chi connectivity index (χ1v) is 10.8. The molecule has 0 unspecified atom stereocenters. The molecule has 0 radical (unpaired) electrons. The third-order valence-corrected chi connectivity index (χ3v) is 6.18. The summed E-state index contributed by atoms with van der Waals surface area (Å²) in [6.45, 7) is 7.19. The Bertz CT molecular complexity index is 1110. The number of carbonyl (C=O) groups is 1. The number of hydrogen-bond acceptors (Lipinski definition) is 3. The van der Waals surface area contributed by atoms with Crippen molar-refractivity contribution >= 4 is 23.3 Å². The highest BCUT2D eigenvalue weighted by Gasteiger charge is 2.40. The zero-order valence-electron chi connectivity index (χ0n) is 17.9. The highest BCUT2D eigenvalue weighted by Crippen LogP contribution is 2.41. The smallest absolute Gasteiger partial charge is 0.335 e. The highest BCUT2D eigenvalue weighted by atomic mass is 32.1. The quantitative estimate of drug-likeness (QED) is 0.554. The SMILES string of the molecule is CCCN1C(=S)N[C@H](c2ccccn2)[C@@H]1c1cc(C)n(-c2ccc(C(=O)O)cc2)c1C. The number of rotatable bonds is 6. The van der Waals surface area contributed by atoms with Gasteiger partial charge in [-0.2, -0.15) is 0 Å². The number of aromatic nitrogens is 2. The lowest BCUT2D eigenvalue weighted by Crippen LogP contribution is -2.30. The topological polar surface area (TPSA) is 70.4 Å². The first-order chi connectivity index (χ1) is 14.9. The third-order valence-electron chi connectivity index (χ3n) is 5.82. The molecule has 2 atom stereocenters. The first-order valence-electron chi connectivity index (χ1n) is 10.4. The molecule has 4 rings (SSSR count). The Morgan fingerprint density at radius 2 is 1.94 bits per heavy atom. The maximum absolute atomic E-state index is 11.2. The van der Waals surface area contributed by atoms with Gasteiger partial charge in [0.25, 0.3) is 0 Å². The van der Waals surface area contributed by atoms with Crippen molar-refractivity contribution in [3.05, 3.63) is 82.9 Å². The Morgan fingerprint density at radius 3 is 2.55 bits per heavy atom. The first kappa shape index (κ1) is 21.1.